The molecular formula is C14H11F2N3O. The van der Waals surface area contributed by atoms with Gasteiger partial charge in [0.05, 0.1) is 6.20 Å². The maximum absolute atomic E-state index is 13.6. The molecule has 0 saturated carbocycles. The zero-order valence-electron chi connectivity index (χ0n) is 10.7. The third kappa shape index (κ3) is 2.13. The summed E-state index contributed by atoms with van der Waals surface area (Å²) in [5.41, 5.74) is 2.44. The number of nitrogens with zero attached hydrogens (tertiary/aromatic N) is 3. The van der Waals surface area contributed by atoms with Crippen LogP contribution in [0.2, 0.25) is 0 Å². The lowest BCUT2D eigenvalue weighted by Gasteiger charge is -2.14. The Morgan fingerprint density at radius 3 is 2.65 bits per heavy atom. The summed E-state index contributed by atoms with van der Waals surface area (Å²) in [4.78, 5) is 21.4. The molecule has 0 bridgehead atoms. The minimum atomic E-state index is -0.944. The van der Waals surface area contributed by atoms with Gasteiger partial charge >= 0.3 is 0 Å². The molecule has 0 atom stereocenters. The second kappa shape index (κ2) is 4.63. The molecule has 1 aliphatic rings. The van der Waals surface area contributed by atoms with Crippen LogP contribution in [-0.4, -0.2) is 20.8 Å². The molecule has 3 rings (SSSR count). The first-order chi connectivity index (χ1) is 9.54. The van der Waals surface area contributed by atoms with Gasteiger partial charge in [-0.3, -0.25) is 9.78 Å². The lowest BCUT2D eigenvalue weighted by Crippen LogP contribution is -2.27. The number of rotatable bonds is 1. The molecule has 0 aromatic carbocycles. The van der Waals surface area contributed by atoms with Gasteiger partial charge in [0.15, 0.2) is 11.5 Å². The van der Waals surface area contributed by atoms with E-state index in [0.29, 0.717) is 19.2 Å². The highest BCUT2D eigenvalue weighted by atomic mass is 19.1. The second-order valence-corrected chi connectivity index (χ2v) is 4.74. The predicted octanol–water partition coefficient (Wildman–Crippen LogP) is 2.22. The molecule has 3 heterocycles. The Morgan fingerprint density at radius 2 is 1.90 bits per heavy atom. The molecule has 0 unspecified atom stereocenters. The molecule has 0 N–H and O–H groups in total. The van der Waals surface area contributed by atoms with Crippen LogP contribution in [0.25, 0.3) is 0 Å². The minimum Gasteiger partial charge on any atom is -0.328 e. The monoisotopic (exact) mass is 275 g/mol. The fraction of sp³-hybridized carbons (Fsp3) is 0.214. The topological polar surface area (TPSA) is 46.1 Å². The Labute approximate surface area is 114 Å². The van der Waals surface area contributed by atoms with E-state index in [1.54, 1.807) is 6.20 Å². The van der Waals surface area contributed by atoms with Gasteiger partial charge in [-0.15, -0.1) is 0 Å². The Hall–Kier alpha value is -2.37. The van der Waals surface area contributed by atoms with Crippen LogP contribution in [0.15, 0.2) is 24.5 Å². The first-order valence-corrected chi connectivity index (χ1v) is 6.09. The van der Waals surface area contributed by atoms with Gasteiger partial charge in [0.1, 0.15) is 5.82 Å². The van der Waals surface area contributed by atoms with Gasteiger partial charge in [-0.2, -0.15) is 0 Å². The number of aryl methyl sites for hydroxylation is 1. The summed E-state index contributed by atoms with van der Waals surface area (Å²) in [6, 6.07) is 2.56. The number of fused-ring (bicyclic) bond motifs is 1. The number of carbonyl (C=O) groups is 1. The van der Waals surface area contributed by atoms with E-state index in [4.69, 9.17) is 0 Å². The lowest BCUT2D eigenvalue weighted by molar-refractivity contribution is 0.0740. The Bertz CT molecular complexity index is 703. The highest BCUT2D eigenvalue weighted by Gasteiger charge is 2.27. The molecule has 0 fully saturated rings. The van der Waals surface area contributed by atoms with Crippen molar-refractivity contribution in [3.05, 3.63) is 58.7 Å². The molecular weight excluding hydrogens is 264 g/mol. The molecule has 6 heteroatoms. The van der Waals surface area contributed by atoms with Crippen LogP contribution in [-0.2, 0) is 13.1 Å². The van der Waals surface area contributed by atoms with Crippen molar-refractivity contribution in [1.29, 1.82) is 0 Å². The summed E-state index contributed by atoms with van der Waals surface area (Å²) in [7, 11) is 0. The summed E-state index contributed by atoms with van der Waals surface area (Å²) in [6.45, 7) is 2.61. The standard InChI is InChI=1S/C14H11F2N3O/c1-8-2-9-6-19(7-10(9)4-17-8)14(20)13-12(16)3-11(15)5-18-13/h2-5H,6-7H2,1H3. The number of pyridine rings is 2. The first-order valence-electron chi connectivity index (χ1n) is 6.09. The van der Waals surface area contributed by atoms with E-state index >= 15 is 0 Å². The van der Waals surface area contributed by atoms with Crippen LogP contribution in [0.3, 0.4) is 0 Å². The van der Waals surface area contributed by atoms with Crippen LogP contribution < -0.4 is 0 Å². The quantitative estimate of drug-likeness (QED) is 0.801. The summed E-state index contributed by atoms with van der Waals surface area (Å²) in [5, 5.41) is 0. The van der Waals surface area contributed by atoms with Crippen LogP contribution in [0, 0.1) is 18.6 Å². The number of amides is 1. The SMILES string of the molecule is Cc1cc2c(cn1)CN(C(=O)c1ncc(F)cc1F)C2. The van der Waals surface area contributed by atoms with Crippen LogP contribution in [0.1, 0.15) is 27.3 Å². The molecule has 0 spiro atoms. The average molecular weight is 275 g/mol. The third-order valence-electron chi connectivity index (χ3n) is 3.24. The molecule has 1 amide bonds. The molecule has 0 radical (unpaired) electrons. The maximum atomic E-state index is 13.6. The third-order valence-corrected chi connectivity index (χ3v) is 3.24. The molecule has 102 valence electrons. The van der Waals surface area contributed by atoms with Gasteiger partial charge in [-0.05, 0) is 24.1 Å². The van der Waals surface area contributed by atoms with Gasteiger partial charge in [0, 0.05) is 31.0 Å². The van der Waals surface area contributed by atoms with E-state index in [9.17, 15) is 13.6 Å². The van der Waals surface area contributed by atoms with Crippen molar-refractivity contribution < 1.29 is 13.6 Å². The van der Waals surface area contributed by atoms with E-state index in [0.717, 1.165) is 23.0 Å². The predicted molar refractivity (Wildman–Crippen MR) is 66.7 cm³/mol. The van der Waals surface area contributed by atoms with Crippen molar-refractivity contribution in [2.24, 2.45) is 0 Å². The van der Waals surface area contributed by atoms with E-state index in [1.165, 1.54) is 4.90 Å². The van der Waals surface area contributed by atoms with E-state index < -0.39 is 17.5 Å². The van der Waals surface area contributed by atoms with Gasteiger partial charge in [-0.25, -0.2) is 13.8 Å². The Balaban J connectivity index is 1.87. The molecule has 2 aromatic heterocycles. The lowest BCUT2D eigenvalue weighted by atomic mass is 10.2. The fourth-order valence-electron chi connectivity index (χ4n) is 2.27. The Morgan fingerprint density at radius 1 is 1.15 bits per heavy atom. The summed E-state index contributed by atoms with van der Waals surface area (Å²) < 4.78 is 26.4. The molecule has 20 heavy (non-hydrogen) atoms. The van der Waals surface area contributed by atoms with Crippen LogP contribution in [0.4, 0.5) is 8.78 Å². The van der Waals surface area contributed by atoms with E-state index in [-0.39, 0.29) is 5.69 Å². The number of hydrogen-bond donors (Lipinski definition) is 0. The molecule has 4 nitrogen and oxygen atoms in total. The Kier molecular flexibility index (Phi) is 2.93. The number of aromatic nitrogens is 2. The van der Waals surface area contributed by atoms with E-state index in [2.05, 4.69) is 9.97 Å². The largest absolute Gasteiger partial charge is 0.328 e. The number of halogens is 2. The van der Waals surface area contributed by atoms with Crippen molar-refractivity contribution in [3.63, 3.8) is 0 Å². The van der Waals surface area contributed by atoms with Crippen molar-refractivity contribution >= 4 is 5.91 Å². The normalized spacial score (nSPS) is 13.4. The highest BCUT2D eigenvalue weighted by Crippen LogP contribution is 2.24. The molecule has 1 aliphatic heterocycles. The second-order valence-electron chi connectivity index (χ2n) is 4.74. The summed E-state index contributed by atoms with van der Waals surface area (Å²) >= 11 is 0. The smallest absolute Gasteiger partial charge is 0.276 e. The highest BCUT2D eigenvalue weighted by molar-refractivity contribution is 5.92. The molecule has 0 saturated heterocycles. The maximum Gasteiger partial charge on any atom is 0.276 e. The number of hydrogen-bond acceptors (Lipinski definition) is 3. The van der Waals surface area contributed by atoms with Crippen molar-refractivity contribution in [1.82, 2.24) is 14.9 Å². The summed E-state index contributed by atoms with van der Waals surface area (Å²) in [6.07, 6.45) is 2.55. The van der Waals surface area contributed by atoms with Crippen LogP contribution in [0.5, 0.6) is 0 Å². The summed E-state index contributed by atoms with van der Waals surface area (Å²) in [5.74, 6) is -2.29. The molecule has 0 aliphatic carbocycles. The van der Waals surface area contributed by atoms with Crippen molar-refractivity contribution in [3.8, 4) is 0 Å². The van der Waals surface area contributed by atoms with Crippen molar-refractivity contribution in [2.75, 3.05) is 0 Å². The van der Waals surface area contributed by atoms with Crippen LogP contribution >= 0.6 is 0 Å². The van der Waals surface area contributed by atoms with Gasteiger partial charge in [0.2, 0.25) is 0 Å². The van der Waals surface area contributed by atoms with Gasteiger partial charge < -0.3 is 4.90 Å². The van der Waals surface area contributed by atoms with E-state index in [1.807, 2.05) is 13.0 Å². The number of carbonyl (C=O) groups excluding carboxylic acids is 1. The first kappa shape index (κ1) is 12.7. The zero-order chi connectivity index (χ0) is 14.3. The van der Waals surface area contributed by atoms with Crippen molar-refractivity contribution in [2.45, 2.75) is 20.0 Å². The fourth-order valence-corrected chi connectivity index (χ4v) is 2.27. The molecule has 2 aromatic rings. The van der Waals surface area contributed by atoms with Gasteiger partial charge in [-0.1, -0.05) is 0 Å². The van der Waals surface area contributed by atoms with Gasteiger partial charge in [0.25, 0.3) is 5.91 Å². The minimum absolute atomic E-state index is 0.358. The zero-order valence-corrected chi connectivity index (χ0v) is 10.7. The average Bonchev–Trinajstić information content (AvgIpc) is 2.81.